The zero-order chi connectivity index (χ0) is 14.0. The van der Waals surface area contributed by atoms with Crippen LogP contribution in [0.2, 0.25) is 15.1 Å². The number of benzene rings is 1. The number of aromatic nitrogens is 1. The van der Waals surface area contributed by atoms with Crippen LogP contribution in [0.1, 0.15) is 5.69 Å². The predicted octanol–water partition coefficient (Wildman–Crippen LogP) is 4.91. The smallest absolute Gasteiger partial charge is 0.149 e. The monoisotopic (exact) mass is 314 g/mol. The molecule has 1 aromatic carbocycles. The fraction of sp³-hybridized carbons (Fsp3) is 0.0769. The molecule has 0 N–H and O–H groups in total. The first kappa shape index (κ1) is 14.1. The third-order valence-corrected chi connectivity index (χ3v) is 3.22. The van der Waals surface area contributed by atoms with Crippen molar-refractivity contribution in [3.8, 4) is 17.3 Å². The maximum absolute atomic E-state index is 13.9. The fourth-order valence-corrected chi connectivity index (χ4v) is 2.60. The number of hydrogen-bond donors (Lipinski definition) is 0. The van der Waals surface area contributed by atoms with Crippen LogP contribution in [0, 0.1) is 17.1 Å². The Morgan fingerprint density at radius 1 is 1.16 bits per heavy atom. The molecule has 1 aromatic heterocycles. The molecule has 0 aliphatic rings. The Labute approximate surface area is 124 Å². The number of nitrogens with zero attached hydrogens (tertiary/aromatic N) is 2. The van der Waals surface area contributed by atoms with Crippen molar-refractivity contribution in [1.29, 1.82) is 5.26 Å². The number of pyridine rings is 1. The summed E-state index contributed by atoms with van der Waals surface area (Å²) in [4.78, 5) is 4.07. The van der Waals surface area contributed by atoms with Gasteiger partial charge in [0.15, 0.2) is 0 Å². The minimum Gasteiger partial charge on any atom is -0.249 e. The molecule has 0 fully saturated rings. The lowest BCUT2D eigenvalue weighted by Gasteiger charge is -2.09. The summed E-state index contributed by atoms with van der Waals surface area (Å²) in [7, 11) is 0. The molecular weight excluding hydrogens is 310 g/mol. The molecule has 19 heavy (non-hydrogen) atoms. The topological polar surface area (TPSA) is 36.7 Å². The lowest BCUT2D eigenvalue weighted by Crippen LogP contribution is -1.96. The van der Waals surface area contributed by atoms with Crippen LogP contribution < -0.4 is 0 Å². The van der Waals surface area contributed by atoms with Gasteiger partial charge < -0.3 is 0 Å². The third kappa shape index (κ3) is 2.98. The molecule has 0 atom stereocenters. The Bertz CT molecular complexity index is 657. The molecule has 0 saturated carbocycles. The molecule has 0 aliphatic carbocycles. The summed E-state index contributed by atoms with van der Waals surface area (Å²) in [5.74, 6) is -0.562. The fourth-order valence-electron chi connectivity index (χ4n) is 1.61. The Balaban J connectivity index is 2.65. The van der Waals surface area contributed by atoms with Gasteiger partial charge in [-0.3, -0.25) is 0 Å². The van der Waals surface area contributed by atoms with Gasteiger partial charge in [0.1, 0.15) is 11.5 Å². The standard InChI is InChI=1S/C13H6Cl3FN2/c14-7-5-9(15)12(10(16)6-7)13-11(17)2-1-8(19-13)3-4-18/h1-2,5-6H,3H2. The Morgan fingerprint density at radius 3 is 2.37 bits per heavy atom. The zero-order valence-electron chi connectivity index (χ0n) is 9.42. The van der Waals surface area contributed by atoms with Gasteiger partial charge in [-0.1, -0.05) is 34.8 Å². The van der Waals surface area contributed by atoms with Crippen molar-refractivity contribution in [2.24, 2.45) is 0 Å². The van der Waals surface area contributed by atoms with Crippen molar-refractivity contribution in [3.63, 3.8) is 0 Å². The predicted molar refractivity (Wildman–Crippen MR) is 74.0 cm³/mol. The first-order chi connectivity index (χ1) is 9.02. The van der Waals surface area contributed by atoms with E-state index in [4.69, 9.17) is 40.1 Å². The van der Waals surface area contributed by atoms with Crippen LogP contribution in [0.15, 0.2) is 24.3 Å². The second-order valence-electron chi connectivity index (χ2n) is 3.71. The molecule has 2 aromatic rings. The number of hydrogen-bond acceptors (Lipinski definition) is 2. The van der Waals surface area contributed by atoms with Crippen LogP contribution in [-0.2, 0) is 6.42 Å². The average molecular weight is 316 g/mol. The molecule has 1 heterocycles. The van der Waals surface area contributed by atoms with Crippen molar-refractivity contribution in [2.75, 3.05) is 0 Å². The van der Waals surface area contributed by atoms with Gasteiger partial charge in [0, 0.05) is 10.6 Å². The van der Waals surface area contributed by atoms with Gasteiger partial charge in [-0.05, 0) is 24.3 Å². The normalized spacial score (nSPS) is 10.3. The van der Waals surface area contributed by atoms with Gasteiger partial charge in [0.05, 0.1) is 28.2 Å². The van der Waals surface area contributed by atoms with E-state index in [1.807, 2.05) is 6.07 Å². The molecule has 96 valence electrons. The summed E-state index contributed by atoms with van der Waals surface area (Å²) < 4.78 is 13.9. The van der Waals surface area contributed by atoms with Crippen LogP contribution in [0.5, 0.6) is 0 Å². The van der Waals surface area contributed by atoms with E-state index in [0.29, 0.717) is 10.7 Å². The Hall–Kier alpha value is -1.34. The number of nitriles is 1. The van der Waals surface area contributed by atoms with Crippen LogP contribution in [0.3, 0.4) is 0 Å². The third-order valence-electron chi connectivity index (χ3n) is 2.41. The Kier molecular flexibility index (Phi) is 4.26. The summed E-state index contributed by atoms with van der Waals surface area (Å²) in [6, 6.07) is 7.55. The molecule has 0 bridgehead atoms. The second-order valence-corrected chi connectivity index (χ2v) is 4.96. The van der Waals surface area contributed by atoms with E-state index in [2.05, 4.69) is 4.98 Å². The summed E-state index contributed by atoms with van der Waals surface area (Å²) >= 11 is 17.9. The highest BCUT2D eigenvalue weighted by Crippen LogP contribution is 2.37. The minimum absolute atomic E-state index is 0.0133. The Morgan fingerprint density at radius 2 is 1.79 bits per heavy atom. The molecule has 2 nitrogen and oxygen atoms in total. The van der Waals surface area contributed by atoms with Crippen molar-refractivity contribution in [2.45, 2.75) is 6.42 Å². The van der Waals surface area contributed by atoms with E-state index in [9.17, 15) is 4.39 Å². The summed E-state index contributed by atoms with van der Waals surface area (Å²) in [5.41, 5.74) is 0.727. The summed E-state index contributed by atoms with van der Waals surface area (Å²) in [5, 5.41) is 9.41. The van der Waals surface area contributed by atoms with Crippen LogP contribution in [-0.4, -0.2) is 4.98 Å². The highest BCUT2D eigenvalue weighted by Gasteiger charge is 2.16. The molecule has 0 amide bonds. The number of rotatable bonds is 2. The van der Waals surface area contributed by atoms with Crippen LogP contribution in [0.25, 0.3) is 11.3 Å². The van der Waals surface area contributed by atoms with Gasteiger partial charge >= 0.3 is 0 Å². The van der Waals surface area contributed by atoms with Gasteiger partial charge in [0.25, 0.3) is 0 Å². The first-order valence-electron chi connectivity index (χ1n) is 5.20. The van der Waals surface area contributed by atoms with Crippen LogP contribution >= 0.6 is 34.8 Å². The SMILES string of the molecule is N#CCc1ccc(F)c(-c2c(Cl)cc(Cl)cc2Cl)n1. The van der Waals surface area contributed by atoms with Gasteiger partial charge in [0.2, 0.25) is 0 Å². The van der Waals surface area contributed by atoms with Gasteiger partial charge in [-0.15, -0.1) is 0 Å². The van der Waals surface area contributed by atoms with Crippen molar-refractivity contribution in [1.82, 2.24) is 4.98 Å². The van der Waals surface area contributed by atoms with Crippen molar-refractivity contribution >= 4 is 34.8 Å². The highest BCUT2D eigenvalue weighted by atomic mass is 35.5. The largest absolute Gasteiger partial charge is 0.249 e. The van der Waals surface area contributed by atoms with E-state index in [-0.39, 0.29) is 27.7 Å². The molecule has 0 unspecified atom stereocenters. The maximum atomic E-state index is 13.9. The second kappa shape index (κ2) is 5.75. The molecule has 0 spiro atoms. The minimum atomic E-state index is -0.562. The summed E-state index contributed by atoms with van der Waals surface area (Å²) in [6.07, 6.45) is 0.0795. The number of halogens is 4. The van der Waals surface area contributed by atoms with E-state index >= 15 is 0 Å². The average Bonchev–Trinajstić information content (AvgIpc) is 2.32. The van der Waals surface area contributed by atoms with E-state index in [1.165, 1.54) is 24.3 Å². The van der Waals surface area contributed by atoms with Gasteiger partial charge in [-0.2, -0.15) is 5.26 Å². The highest BCUT2D eigenvalue weighted by molar-refractivity contribution is 6.41. The summed E-state index contributed by atoms with van der Waals surface area (Å²) in [6.45, 7) is 0. The first-order valence-corrected chi connectivity index (χ1v) is 6.33. The lowest BCUT2D eigenvalue weighted by atomic mass is 10.1. The van der Waals surface area contributed by atoms with E-state index < -0.39 is 5.82 Å². The van der Waals surface area contributed by atoms with Gasteiger partial charge in [-0.25, -0.2) is 9.37 Å². The molecule has 6 heteroatoms. The van der Waals surface area contributed by atoms with Crippen LogP contribution in [0.4, 0.5) is 4.39 Å². The molecule has 0 aliphatic heterocycles. The molecule has 2 rings (SSSR count). The quantitative estimate of drug-likeness (QED) is 0.789. The van der Waals surface area contributed by atoms with Crippen molar-refractivity contribution in [3.05, 3.63) is 50.8 Å². The lowest BCUT2D eigenvalue weighted by molar-refractivity contribution is 0.624. The van der Waals surface area contributed by atoms with Crippen molar-refractivity contribution < 1.29 is 4.39 Å². The molecule has 0 radical (unpaired) electrons. The molecular formula is C13H6Cl3FN2. The van der Waals surface area contributed by atoms with E-state index in [1.54, 1.807) is 0 Å². The molecule has 0 saturated heterocycles. The van der Waals surface area contributed by atoms with E-state index in [0.717, 1.165) is 0 Å². The maximum Gasteiger partial charge on any atom is 0.149 e. The zero-order valence-corrected chi connectivity index (χ0v) is 11.7.